The zero-order valence-electron chi connectivity index (χ0n) is 12.4. The maximum absolute atomic E-state index is 4.72. The Morgan fingerprint density at radius 2 is 2.05 bits per heavy atom. The number of rotatable bonds is 6. The van der Waals surface area contributed by atoms with Gasteiger partial charge in [-0.05, 0) is 25.3 Å². The van der Waals surface area contributed by atoms with E-state index in [0.717, 1.165) is 24.6 Å². The minimum atomic E-state index is 0.646. The van der Waals surface area contributed by atoms with Gasteiger partial charge in [0.05, 0.1) is 11.9 Å². The molecule has 1 aliphatic carbocycles. The maximum atomic E-state index is 4.72. The first kappa shape index (κ1) is 14.3. The lowest BCUT2D eigenvalue weighted by molar-refractivity contribution is 0.546. The first-order valence-corrected chi connectivity index (χ1v) is 7.41. The fourth-order valence-corrected chi connectivity index (χ4v) is 2.62. The lowest BCUT2D eigenvalue weighted by Gasteiger charge is -2.25. The molecule has 2 rings (SSSR count). The Morgan fingerprint density at radius 3 is 2.74 bits per heavy atom. The van der Waals surface area contributed by atoms with E-state index in [9.17, 15) is 0 Å². The fourth-order valence-electron chi connectivity index (χ4n) is 2.62. The number of aromatic nitrogens is 2. The molecule has 1 fully saturated rings. The second-order valence-corrected chi connectivity index (χ2v) is 5.94. The molecule has 1 N–H and O–H groups in total. The van der Waals surface area contributed by atoms with Crippen molar-refractivity contribution in [1.29, 1.82) is 0 Å². The molecule has 1 aromatic heterocycles. The third-order valence-corrected chi connectivity index (χ3v) is 3.76. The third kappa shape index (κ3) is 4.16. The van der Waals surface area contributed by atoms with Crippen LogP contribution in [0.15, 0.2) is 12.4 Å². The Balaban J connectivity index is 1.94. The molecule has 0 spiro atoms. The highest BCUT2D eigenvalue weighted by Crippen LogP contribution is 2.25. The monoisotopic (exact) mass is 262 g/mol. The van der Waals surface area contributed by atoms with E-state index in [0.29, 0.717) is 12.0 Å². The molecule has 0 bridgehead atoms. The summed E-state index contributed by atoms with van der Waals surface area (Å²) in [6.07, 6.45) is 9.00. The van der Waals surface area contributed by atoms with Gasteiger partial charge in [0.15, 0.2) is 0 Å². The molecule has 0 aliphatic heterocycles. The van der Waals surface area contributed by atoms with E-state index in [1.165, 1.54) is 25.7 Å². The van der Waals surface area contributed by atoms with Crippen LogP contribution < -0.4 is 10.2 Å². The fraction of sp³-hybridized carbons (Fsp3) is 0.733. The SMILES string of the molecule is CC(C)CNCc1cncc(N(C)C2CCCC2)n1. The summed E-state index contributed by atoms with van der Waals surface area (Å²) >= 11 is 0. The summed E-state index contributed by atoms with van der Waals surface area (Å²) in [6.45, 7) is 6.24. The van der Waals surface area contributed by atoms with Gasteiger partial charge in [0.25, 0.3) is 0 Å². The van der Waals surface area contributed by atoms with Crippen molar-refractivity contribution in [3.63, 3.8) is 0 Å². The largest absolute Gasteiger partial charge is 0.355 e. The van der Waals surface area contributed by atoms with E-state index >= 15 is 0 Å². The van der Waals surface area contributed by atoms with Crippen molar-refractivity contribution in [2.75, 3.05) is 18.5 Å². The summed E-state index contributed by atoms with van der Waals surface area (Å²) < 4.78 is 0. The van der Waals surface area contributed by atoms with E-state index in [-0.39, 0.29) is 0 Å². The van der Waals surface area contributed by atoms with Crippen LogP contribution in [-0.4, -0.2) is 29.6 Å². The highest BCUT2D eigenvalue weighted by Gasteiger charge is 2.20. The van der Waals surface area contributed by atoms with Gasteiger partial charge in [-0.3, -0.25) is 4.98 Å². The van der Waals surface area contributed by atoms with Crippen LogP contribution >= 0.6 is 0 Å². The predicted octanol–water partition coefficient (Wildman–Crippen LogP) is 2.60. The second-order valence-electron chi connectivity index (χ2n) is 5.94. The van der Waals surface area contributed by atoms with Crippen LogP contribution in [0, 0.1) is 5.92 Å². The van der Waals surface area contributed by atoms with Gasteiger partial charge >= 0.3 is 0 Å². The van der Waals surface area contributed by atoms with Gasteiger partial charge in [-0.2, -0.15) is 0 Å². The number of anilines is 1. The Hall–Kier alpha value is -1.16. The van der Waals surface area contributed by atoms with Crippen molar-refractivity contribution in [3.05, 3.63) is 18.1 Å². The Labute approximate surface area is 116 Å². The van der Waals surface area contributed by atoms with Crippen molar-refractivity contribution in [1.82, 2.24) is 15.3 Å². The third-order valence-electron chi connectivity index (χ3n) is 3.76. The molecular weight excluding hydrogens is 236 g/mol. The molecule has 0 atom stereocenters. The lowest BCUT2D eigenvalue weighted by atomic mass is 10.2. The lowest BCUT2D eigenvalue weighted by Crippen LogP contribution is -2.30. The van der Waals surface area contributed by atoms with Gasteiger partial charge in [0.1, 0.15) is 5.82 Å². The van der Waals surface area contributed by atoms with Gasteiger partial charge < -0.3 is 10.2 Å². The molecular formula is C15H26N4. The van der Waals surface area contributed by atoms with Crippen molar-refractivity contribution in [2.24, 2.45) is 5.92 Å². The van der Waals surface area contributed by atoms with Gasteiger partial charge in [-0.15, -0.1) is 0 Å². The summed E-state index contributed by atoms with van der Waals surface area (Å²) in [4.78, 5) is 11.3. The number of nitrogens with zero attached hydrogens (tertiary/aromatic N) is 3. The molecule has 0 aromatic carbocycles. The molecule has 1 aliphatic rings. The molecule has 0 saturated heterocycles. The van der Waals surface area contributed by atoms with Crippen molar-refractivity contribution < 1.29 is 0 Å². The zero-order chi connectivity index (χ0) is 13.7. The standard InChI is InChI=1S/C15H26N4/c1-12(2)8-16-9-13-10-17-11-15(18-13)19(3)14-6-4-5-7-14/h10-12,14,16H,4-9H2,1-3H3. The Bertz CT molecular complexity index is 385. The van der Waals surface area contributed by atoms with E-state index in [1.807, 2.05) is 12.4 Å². The quantitative estimate of drug-likeness (QED) is 0.855. The maximum Gasteiger partial charge on any atom is 0.147 e. The molecule has 1 aromatic rings. The van der Waals surface area contributed by atoms with Crippen LogP contribution in [-0.2, 0) is 6.54 Å². The van der Waals surface area contributed by atoms with Gasteiger partial charge in [-0.1, -0.05) is 26.7 Å². The van der Waals surface area contributed by atoms with Crippen LogP contribution in [0.2, 0.25) is 0 Å². The van der Waals surface area contributed by atoms with E-state index in [4.69, 9.17) is 4.98 Å². The number of hydrogen-bond acceptors (Lipinski definition) is 4. The van der Waals surface area contributed by atoms with Crippen molar-refractivity contribution >= 4 is 5.82 Å². The molecule has 19 heavy (non-hydrogen) atoms. The molecule has 0 radical (unpaired) electrons. The van der Waals surface area contributed by atoms with Crippen molar-refractivity contribution in [2.45, 2.75) is 52.1 Å². The van der Waals surface area contributed by atoms with Gasteiger partial charge in [0.2, 0.25) is 0 Å². The summed E-state index contributed by atoms with van der Waals surface area (Å²) in [7, 11) is 2.14. The minimum absolute atomic E-state index is 0.646. The second kappa shape index (κ2) is 6.85. The van der Waals surface area contributed by atoms with Crippen LogP contribution in [0.3, 0.4) is 0 Å². The molecule has 106 valence electrons. The molecule has 0 amide bonds. The summed E-state index contributed by atoms with van der Waals surface area (Å²) in [6, 6.07) is 0.646. The average molecular weight is 262 g/mol. The first-order chi connectivity index (χ1) is 9.16. The van der Waals surface area contributed by atoms with Crippen molar-refractivity contribution in [3.8, 4) is 0 Å². The van der Waals surface area contributed by atoms with Crippen LogP contribution in [0.1, 0.15) is 45.2 Å². The van der Waals surface area contributed by atoms with Crippen LogP contribution in [0.5, 0.6) is 0 Å². The first-order valence-electron chi connectivity index (χ1n) is 7.41. The van der Waals surface area contributed by atoms with E-state index in [2.05, 4.69) is 36.1 Å². The topological polar surface area (TPSA) is 41.1 Å². The van der Waals surface area contributed by atoms with Gasteiger partial charge in [0, 0.05) is 25.8 Å². The van der Waals surface area contributed by atoms with E-state index in [1.54, 1.807) is 0 Å². The molecule has 1 saturated carbocycles. The van der Waals surface area contributed by atoms with Gasteiger partial charge in [-0.25, -0.2) is 4.98 Å². The summed E-state index contributed by atoms with van der Waals surface area (Å²) in [5.74, 6) is 1.67. The predicted molar refractivity (Wildman–Crippen MR) is 79.2 cm³/mol. The van der Waals surface area contributed by atoms with Crippen LogP contribution in [0.25, 0.3) is 0 Å². The summed E-state index contributed by atoms with van der Waals surface area (Å²) in [5, 5.41) is 3.42. The van der Waals surface area contributed by atoms with E-state index < -0.39 is 0 Å². The minimum Gasteiger partial charge on any atom is -0.355 e. The smallest absolute Gasteiger partial charge is 0.147 e. The molecule has 0 unspecified atom stereocenters. The van der Waals surface area contributed by atoms with Crippen LogP contribution in [0.4, 0.5) is 5.82 Å². The zero-order valence-corrected chi connectivity index (χ0v) is 12.4. The average Bonchev–Trinajstić information content (AvgIpc) is 2.91. The Morgan fingerprint density at radius 1 is 1.32 bits per heavy atom. The number of hydrogen-bond donors (Lipinski definition) is 1. The molecule has 4 heteroatoms. The highest BCUT2D eigenvalue weighted by molar-refractivity contribution is 5.36. The normalized spacial score (nSPS) is 16.2. The molecule has 1 heterocycles. The molecule has 4 nitrogen and oxygen atoms in total. The Kier molecular flexibility index (Phi) is 5.14. The summed E-state index contributed by atoms with van der Waals surface area (Å²) in [5.41, 5.74) is 1.03. The number of nitrogens with one attached hydrogen (secondary N) is 1. The highest BCUT2D eigenvalue weighted by atomic mass is 15.2.